The van der Waals surface area contributed by atoms with Crippen molar-refractivity contribution >= 4 is 5.91 Å². The van der Waals surface area contributed by atoms with Crippen LogP contribution in [0.5, 0.6) is 17.2 Å². The zero-order valence-electron chi connectivity index (χ0n) is 22.6. The third-order valence-electron chi connectivity index (χ3n) is 7.52. The summed E-state index contributed by atoms with van der Waals surface area (Å²) in [4.78, 5) is 16.7. The van der Waals surface area contributed by atoms with Gasteiger partial charge in [-0.1, -0.05) is 70.9 Å². The minimum absolute atomic E-state index is 0.187. The van der Waals surface area contributed by atoms with E-state index in [0.717, 1.165) is 36.9 Å². The first-order valence-electron chi connectivity index (χ1n) is 12.9. The number of methoxy groups -OCH3 is 3. The fourth-order valence-electron chi connectivity index (χ4n) is 5.78. The van der Waals surface area contributed by atoms with E-state index in [2.05, 4.69) is 44.7 Å². The minimum atomic E-state index is -0.744. The van der Waals surface area contributed by atoms with Gasteiger partial charge in [0.1, 0.15) is 17.2 Å². The first-order valence-corrected chi connectivity index (χ1v) is 12.9. The van der Waals surface area contributed by atoms with Crippen molar-refractivity contribution in [3.05, 3.63) is 53.6 Å². The maximum absolute atomic E-state index is 14.5. The summed E-state index contributed by atoms with van der Waals surface area (Å²) in [5, 5.41) is 0. The summed E-state index contributed by atoms with van der Waals surface area (Å²) in [5.74, 6) is 2.53. The zero-order chi connectivity index (χ0) is 25.6. The summed E-state index contributed by atoms with van der Waals surface area (Å²) in [6.07, 6.45) is 5.53. The van der Waals surface area contributed by atoms with Crippen molar-refractivity contribution in [1.29, 1.82) is 0 Å². The van der Waals surface area contributed by atoms with Gasteiger partial charge in [0.05, 0.1) is 26.7 Å². The molecule has 0 spiro atoms. The fraction of sp³-hybridized carbons (Fsp3) is 0.567. The van der Waals surface area contributed by atoms with E-state index in [0.29, 0.717) is 29.2 Å². The van der Waals surface area contributed by atoms with Crippen LogP contribution in [-0.4, -0.2) is 44.7 Å². The summed E-state index contributed by atoms with van der Waals surface area (Å²) in [5.41, 5.74) is 1.18. The van der Waals surface area contributed by atoms with Gasteiger partial charge in [-0.25, -0.2) is 0 Å². The van der Waals surface area contributed by atoms with E-state index in [9.17, 15) is 4.79 Å². The molecule has 1 amide bonds. The number of amides is 1. The van der Waals surface area contributed by atoms with Gasteiger partial charge in [0.15, 0.2) is 0 Å². The quantitative estimate of drug-likeness (QED) is 0.379. The summed E-state index contributed by atoms with van der Waals surface area (Å²) in [6.45, 7) is 9.39. The Morgan fingerprint density at radius 3 is 2.17 bits per heavy atom. The van der Waals surface area contributed by atoms with Crippen LogP contribution in [0.3, 0.4) is 0 Å². The molecule has 0 radical (unpaired) electrons. The molecular weight excluding hydrogens is 438 g/mol. The molecule has 3 unspecified atom stereocenters. The van der Waals surface area contributed by atoms with Crippen LogP contribution in [-0.2, 0) is 4.79 Å². The fourth-order valence-corrected chi connectivity index (χ4v) is 5.78. The van der Waals surface area contributed by atoms with E-state index in [4.69, 9.17) is 14.2 Å². The van der Waals surface area contributed by atoms with Crippen LogP contribution < -0.4 is 14.2 Å². The molecule has 5 heteroatoms. The van der Waals surface area contributed by atoms with Crippen molar-refractivity contribution in [2.75, 3.05) is 27.9 Å². The molecule has 0 heterocycles. The van der Waals surface area contributed by atoms with Crippen molar-refractivity contribution in [3.8, 4) is 17.2 Å². The standard InChI is InChI=1S/C30H43NO4/c1-8-17-31(23-16-12-13-21(2)18-23)29(32)30(3,4)28(22-14-10-9-11-15-22)27-25(34-6)19-24(33-5)20-26(27)35-7/h9-11,14-15,19-21,23,28H,8,12-13,16-18H2,1-7H3. The molecule has 35 heavy (non-hydrogen) atoms. The third kappa shape index (κ3) is 5.76. The van der Waals surface area contributed by atoms with E-state index in [-0.39, 0.29) is 11.8 Å². The first-order chi connectivity index (χ1) is 16.8. The van der Waals surface area contributed by atoms with Crippen LogP contribution in [0, 0.1) is 11.3 Å². The second-order valence-electron chi connectivity index (χ2n) is 10.4. The number of carbonyl (C=O) groups excluding carboxylic acids is 1. The van der Waals surface area contributed by atoms with Crippen molar-refractivity contribution in [2.24, 2.45) is 11.3 Å². The predicted molar refractivity (Wildman–Crippen MR) is 142 cm³/mol. The van der Waals surface area contributed by atoms with E-state index >= 15 is 0 Å². The minimum Gasteiger partial charge on any atom is -0.496 e. The number of hydrogen-bond acceptors (Lipinski definition) is 4. The second-order valence-corrected chi connectivity index (χ2v) is 10.4. The van der Waals surface area contributed by atoms with Gasteiger partial charge in [-0.3, -0.25) is 4.79 Å². The Bertz CT molecular complexity index is 947. The van der Waals surface area contributed by atoms with Crippen molar-refractivity contribution in [1.82, 2.24) is 4.90 Å². The largest absolute Gasteiger partial charge is 0.496 e. The highest BCUT2D eigenvalue weighted by molar-refractivity contribution is 5.85. The van der Waals surface area contributed by atoms with Crippen LogP contribution in [0.4, 0.5) is 0 Å². The lowest BCUT2D eigenvalue weighted by Gasteiger charge is -2.43. The summed E-state index contributed by atoms with van der Waals surface area (Å²) in [7, 11) is 4.94. The molecule has 2 aromatic carbocycles. The molecule has 0 aliphatic heterocycles. The van der Waals surface area contributed by atoms with E-state index < -0.39 is 5.41 Å². The Hall–Kier alpha value is -2.69. The topological polar surface area (TPSA) is 48.0 Å². The molecule has 0 saturated heterocycles. The summed E-state index contributed by atoms with van der Waals surface area (Å²) >= 11 is 0. The molecule has 3 rings (SSSR count). The average molecular weight is 482 g/mol. The summed E-state index contributed by atoms with van der Waals surface area (Å²) < 4.78 is 17.2. The molecule has 1 fully saturated rings. The third-order valence-corrected chi connectivity index (χ3v) is 7.52. The Morgan fingerprint density at radius 2 is 1.66 bits per heavy atom. The number of nitrogens with zero attached hydrogens (tertiary/aromatic N) is 1. The molecule has 2 aromatic rings. The molecule has 0 bridgehead atoms. The molecule has 5 nitrogen and oxygen atoms in total. The highest BCUT2D eigenvalue weighted by Crippen LogP contribution is 2.50. The van der Waals surface area contributed by atoms with Gasteiger partial charge in [0.2, 0.25) is 5.91 Å². The molecule has 192 valence electrons. The predicted octanol–water partition coefficient (Wildman–Crippen LogP) is 6.69. The maximum atomic E-state index is 14.5. The van der Waals surface area contributed by atoms with Gasteiger partial charge >= 0.3 is 0 Å². The van der Waals surface area contributed by atoms with Gasteiger partial charge < -0.3 is 19.1 Å². The van der Waals surface area contributed by atoms with Gasteiger partial charge in [0.25, 0.3) is 0 Å². The molecule has 1 aliphatic carbocycles. The zero-order valence-corrected chi connectivity index (χ0v) is 22.6. The molecular formula is C30H43NO4. The monoisotopic (exact) mass is 481 g/mol. The number of ether oxygens (including phenoxy) is 3. The molecule has 1 saturated carbocycles. The SMILES string of the molecule is CCCN(C(=O)C(C)(C)C(c1ccccc1)c1c(OC)cc(OC)cc1OC)C1CCCC(C)C1. The van der Waals surface area contributed by atoms with Crippen LogP contribution in [0.1, 0.15) is 76.8 Å². The molecule has 3 atom stereocenters. The Balaban J connectivity index is 2.16. The van der Waals surface area contributed by atoms with Crippen molar-refractivity contribution in [2.45, 2.75) is 71.8 Å². The number of rotatable bonds is 10. The normalized spacial score (nSPS) is 19.1. The van der Waals surface area contributed by atoms with E-state index in [1.54, 1.807) is 21.3 Å². The number of carbonyl (C=O) groups is 1. The molecule has 0 aromatic heterocycles. The van der Waals surface area contributed by atoms with Gasteiger partial charge in [-0.05, 0) is 30.7 Å². The van der Waals surface area contributed by atoms with E-state index in [1.165, 1.54) is 12.8 Å². The van der Waals surface area contributed by atoms with Crippen LogP contribution in [0.15, 0.2) is 42.5 Å². The Labute approximate surface area is 211 Å². The molecule has 1 aliphatic rings. The highest BCUT2D eigenvalue weighted by atomic mass is 16.5. The Morgan fingerprint density at radius 1 is 1.03 bits per heavy atom. The average Bonchev–Trinajstić information content (AvgIpc) is 2.87. The van der Waals surface area contributed by atoms with Crippen LogP contribution in [0.25, 0.3) is 0 Å². The molecule has 0 N–H and O–H groups in total. The van der Waals surface area contributed by atoms with Crippen LogP contribution in [0.2, 0.25) is 0 Å². The van der Waals surface area contributed by atoms with Crippen molar-refractivity contribution in [3.63, 3.8) is 0 Å². The lowest BCUT2D eigenvalue weighted by Crippen LogP contribution is -2.50. The Kier molecular flexibility index (Phi) is 9.09. The van der Waals surface area contributed by atoms with Gasteiger partial charge in [-0.2, -0.15) is 0 Å². The number of benzene rings is 2. The summed E-state index contributed by atoms with van der Waals surface area (Å²) in [6, 6.07) is 14.3. The smallest absolute Gasteiger partial charge is 0.229 e. The van der Waals surface area contributed by atoms with Crippen LogP contribution >= 0.6 is 0 Å². The van der Waals surface area contributed by atoms with Gasteiger partial charge in [-0.15, -0.1) is 0 Å². The highest BCUT2D eigenvalue weighted by Gasteiger charge is 2.45. The lowest BCUT2D eigenvalue weighted by atomic mass is 9.69. The van der Waals surface area contributed by atoms with E-state index in [1.807, 2.05) is 30.3 Å². The van der Waals surface area contributed by atoms with Gasteiger partial charge in [0, 0.05) is 36.2 Å². The lowest BCUT2D eigenvalue weighted by molar-refractivity contribution is -0.144. The first kappa shape index (κ1) is 26.9. The maximum Gasteiger partial charge on any atom is 0.229 e. The second kappa shape index (κ2) is 11.8. The number of hydrogen-bond donors (Lipinski definition) is 0. The van der Waals surface area contributed by atoms with Crippen molar-refractivity contribution < 1.29 is 19.0 Å².